The van der Waals surface area contributed by atoms with E-state index in [2.05, 4.69) is 107 Å². The maximum absolute atomic E-state index is 4.25. The van der Waals surface area contributed by atoms with Crippen molar-refractivity contribution >= 4 is 55.0 Å². The lowest BCUT2D eigenvalue weighted by Gasteiger charge is -2.39. The van der Waals surface area contributed by atoms with Gasteiger partial charge in [-0.15, -0.1) is 0 Å². The summed E-state index contributed by atoms with van der Waals surface area (Å²) in [5.41, 5.74) is 7.84. The molecular weight excluding hydrogens is 604 g/mol. The summed E-state index contributed by atoms with van der Waals surface area (Å²) >= 11 is 12.7. The molecule has 182 valence electrons. The lowest BCUT2D eigenvalue weighted by atomic mass is 9.70. The first-order valence-corrected chi connectivity index (χ1v) is 21.8. The van der Waals surface area contributed by atoms with Crippen molar-refractivity contribution in [1.82, 2.24) is 0 Å². The molecule has 0 aliphatic heterocycles. The van der Waals surface area contributed by atoms with Crippen molar-refractivity contribution in [2.45, 2.75) is 141 Å². The summed E-state index contributed by atoms with van der Waals surface area (Å²) in [5.74, 6) is 0. The first-order chi connectivity index (χ1) is 14.8. The molecule has 0 radical (unpaired) electrons. The van der Waals surface area contributed by atoms with E-state index in [0.29, 0.717) is 10.8 Å². The molecule has 0 unspecified atom stereocenters. The Hall–Kier alpha value is 0.877. The highest BCUT2D eigenvalue weighted by Gasteiger charge is 2.56. The van der Waals surface area contributed by atoms with Crippen molar-refractivity contribution in [1.29, 1.82) is 0 Å². The van der Waals surface area contributed by atoms with Crippen LogP contribution in [0, 0.1) is 0 Å². The Balaban J connectivity index is 2.53. The van der Waals surface area contributed by atoms with Crippen LogP contribution in [-0.2, 0) is 21.7 Å². The number of benzene rings is 1. The number of hydrogen-bond acceptors (Lipinski definition) is 0. The Morgan fingerprint density at radius 2 is 0.969 bits per heavy atom. The molecule has 0 saturated carbocycles. The highest BCUT2D eigenvalue weighted by molar-refractivity contribution is 9.72. The third kappa shape index (κ3) is 4.43. The van der Waals surface area contributed by atoms with Gasteiger partial charge in [0, 0.05) is 0 Å². The van der Waals surface area contributed by atoms with Crippen LogP contribution in [0.1, 0.15) is 142 Å². The van der Waals surface area contributed by atoms with Gasteiger partial charge in [-0.2, -0.15) is 0 Å². The van der Waals surface area contributed by atoms with Gasteiger partial charge in [0.05, 0.1) is 0 Å². The van der Waals surface area contributed by atoms with Gasteiger partial charge < -0.3 is 0 Å². The van der Waals surface area contributed by atoms with Gasteiger partial charge in [-0.1, -0.05) is 133 Å². The Kier molecular flexibility index (Phi) is 8.06. The fraction of sp³-hybridized carbons (Fsp3) is 0.786. The molecular formula is C28H45Br3Si. The first kappa shape index (κ1) is 27.5. The standard InChI is InChI=1S/C28H45Br3Si/c1-9-13-27(14-10-2)18-25(5,6)20-17-21-23(24(22(20)27)32(29,30)31)28(15-11-3,16-12-4)19-26(21,7)8/h17H,9-16,18-19H2,1-8H3. The number of halogens is 3. The molecule has 4 heteroatoms. The van der Waals surface area contributed by atoms with Gasteiger partial charge in [-0.3, -0.25) is 0 Å². The molecule has 0 heterocycles. The second-order valence-corrected chi connectivity index (χ2v) is 34.1. The van der Waals surface area contributed by atoms with Crippen molar-refractivity contribution in [2.75, 3.05) is 0 Å². The molecule has 2 aliphatic carbocycles. The zero-order valence-corrected chi connectivity index (χ0v) is 27.5. The van der Waals surface area contributed by atoms with Crippen LogP contribution in [-0.4, -0.2) is 3.93 Å². The van der Waals surface area contributed by atoms with Crippen LogP contribution in [0.5, 0.6) is 0 Å². The van der Waals surface area contributed by atoms with Crippen LogP contribution >= 0.6 is 45.9 Å². The lowest BCUT2D eigenvalue weighted by Crippen LogP contribution is -2.45. The van der Waals surface area contributed by atoms with E-state index in [9.17, 15) is 0 Å². The Labute approximate surface area is 223 Å². The number of fused-ring (bicyclic) bond motifs is 2. The van der Waals surface area contributed by atoms with E-state index in [-0.39, 0.29) is 10.8 Å². The summed E-state index contributed by atoms with van der Waals surface area (Å²) in [4.78, 5) is 0. The van der Waals surface area contributed by atoms with Crippen LogP contribution in [0.4, 0.5) is 0 Å². The topological polar surface area (TPSA) is 0 Å². The third-order valence-corrected chi connectivity index (χ3v) is 13.2. The minimum atomic E-state index is -2.13. The van der Waals surface area contributed by atoms with Gasteiger partial charge in [0.1, 0.15) is 0 Å². The predicted octanol–water partition coefficient (Wildman–Crippen LogP) is 10.1. The molecule has 0 saturated heterocycles. The van der Waals surface area contributed by atoms with E-state index < -0.39 is 3.93 Å². The average molecular weight is 649 g/mol. The van der Waals surface area contributed by atoms with Crippen LogP contribution < -0.4 is 5.19 Å². The van der Waals surface area contributed by atoms with Crippen LogP contribution in [0.3, 0.4) is 0 Å². The number of hydrogen-bond donors (Lipinski definition) is 0. The second-order valence-electron chi connectivity index (χ2n) is 12.3. The fourth-order valence-corrected chi connectivity index (χ4v) is 13.1. The summed E-state index contributed by atoms with van der Waals surface area (Å²) in [5, 5.41) is 1.67. The molecule has 0 amide bonds. The Morgan fingerprint density at radius 1 is 0.656 bits per heavy atom. The summed E-state index contributed by atoms with van der Waals surface area (Å²) < 4.78 is -2.13. The quantitative estimate of drug-likeness (QED) is 0.185. The van der Waals surface area contributed by atoms with Crippen molar-refractivity contribution in [3.05, 3.63) is 28.3 Å². The van der Waals surface area contributed by atoms with Crippen LogP contribution in [0.15, 0.2) is 6.07 Å². The van der Waals surface area contributed by atoms with Gasteiger partial charge in [0.15, 0.2) is 0 Å². The normalized spacial score (nSPS) is 22.1. The lowest BCUT2D eigenvalue weighted by molar-refractivity contribution is 0.298. The predicted molar refractivity (Wildman–Crippen MR) is 157 cm³/mol. The summed E-state index contributed by atoms with van der Waals surface area (Å²) in [7, 11) is 0. The molecule has 1 aromatic rings. The summed E-state index contributed by atoms with van der Waals surface area (Å²) in [6.45, 7) is 19.6. The molecule has 2 aliphatic rings. The number of rotatable bonds is 9. The van der Waals surface area contributed by atoms with Gasteiger partial charge >= 0.3 is 0 Å². The van der Waals surface area contributed by atoms with Gasteiger partial charge in [0.25, 0.3) is 3.93 Å². The fourth-order valence-electron chi connectivity index (χ4n) is 8.21. The molecule has 0 nitrogen and oxygen atoms in total. The molecule has 0 N–H and O–H groups in total. The summed E-state index contributed by atoms with van der Waals surface area (Å²) in [6, 6.07) is 2.71. The minimum absolute atomic E-state index is 0.229. The van der Waals surface area contributed by atoms with E-state index >= 15 is 0 Å². The maximum Gasteiger partial charge on any atom is 0.298 e. The zero-order valence-electron chi connectivity index (χ0n) is 21.8. The minimum Gasteiger partial charge on any atom is -0.0910 e. The molecule has 0 atom stereocenters. The zero-order chi connectivity index (χ0) is 24.2. The van der Waals surface area contributed by atoms with E-state index in [1.54, 1.807) is 27.4 Å². The van der Waals surface area contributed by atoms with Crippen LogP contribution in [0.25, 0.3) is 0 Å². The largest absolute Gasteiger partial charge is 0.298 e. The molecule has 32 heavy (non-hydrogen) atoms. The molecule has 0 aromatic heterocycles. The Bertz CT molecular complexity index is 775. The van der Waals surface area contributed by atoms with Gasteiger partial charge in [-0.25, -0.2) is 0 Å². The van der Waals surface area contributed by atoms with E-state index in [1.165, 1.54) is 64.2 Å². The molecule has 0 bridgehead atoms. The van der Waals surface area contributed by atoms with E-state index in [0.717, 1.165) is 0 Å². The van der Waals surface area contributed by atoms with Gasteiger partial charge in [0.2, 0.25) is 0 Å². The maximum atomic E-state index is 4.25. The monoisotopic (exact) mass is 646 g/mol. The van der Waals surface area contributed by atoms with Crippen LogP contribution in [0.2, 0.25) is 0 Å². The van der Waals surface area contributed by atoms with E-state index in [1.807, 2.05) is 0 Å². The van der Waals surface area contributed by atoms with Crippen molar-refractivity contribution in [3.8, 4) is 0 Å². The van der Waals surface area contributed by atoms with Gasteiger partial charge in [-0.05, 0) is 87.6 Å². The van der Waals surface area contributed by atoms with E-state index in [4.69, 9.17) is 0 Å². The second kappa shape index (κ2) is 9.39. The smallest absolute Gasteiger partial charge is 0.0910 e. The van der Waals surface area contributed by atoms with Crippen molar-refractivity contribution in [2.24, 2.45) is 0 Å². The summed E-state index contributed by atoms with van der Waals surface area (Å²) in [6.07, 6.45) is 12.8. The highest BCUT2D eigenvalue weighted by atomic mass is 80.0. The molecule has 0 spiro atoms. The Morgan fingerprint density at radius 3 is 1.22 bits per heavy atom. The third-order valence-electron chi connectivity index (χ3n) is 8.60. The molecule has 1 aromatic carbocycles. The molecule has 0 fully saturated rings. The molecule has 3 rings (SSSR count). The van der Waals surface area contributed by atoms with Crippen molar-refractivity contribution in [3.63, 3.8) is 0 Å². The SMILES string of the molecule is CCCC1(CCC)CC(C)(C)c2cc3c(c([Si](Br)(Br)Br)c21)C(CCC)(CCC)CC3(C)C. The van der Waals surface area contributed by atoms with Crippen molar-refractivity contribution < 1.29 is 0 Å². The highest BCUT2D eigenvalue weighted by Crippen LogP contribution is 2.61. The first-order valence-electron chi connectivity index (χ1n) is 13.1. The average Bonchev–Trinajstić information content (AvgIpc) is 3.00.